The topological polar surface area (TPSA) is 51.3 Å². The van der Waals surface area contributed by atoms with Gasteiger partial charge in [-0.3, -0.25) is 4.79 Å². The molecule has 4 nitrogen and oxygen atoms in total. The monoisotopic (exact) mass is 327 g/mol. The van der Waals surface area contributed by atoms with Crippen molar-refractivity contribution >= 4 is 10.9 Å². The van der Waals surface area contributed by atoms with Crippen molar-refractivity contribution in [3.05, 3.63) is 58.6 Å². The summed E-state index contributed by atoms with van der Waals surface area (Å²) < 4.78 is 24.3. The predicted octanol–water partition coefficient (Wildman–Crippen LogP) is 4.13. The SMILES string of the molecule is CCOc1ccc(OCC)c2c(=O)c(-c3ccc(F)cc3)c[nH]c12. The van der Waals surface area contributed by atoms with Crippen LogP contribution in [-0.4, -0.2) is 18.2 Å². The molecule has 24 heavy (non-hydrogen) atoms. The first-order valence-electron chi connectivity index (χ1n) is 7.85. The minimum Gasteiger partial charge on any atom is -0.493 e. The number of aromatic nitrogens is 1. The molecule has 0 saturated carbocycles. The minimum absolute atomic E-state index is 0.180. The number of nitrogens with one attached hydrogen (secondary N) is 1. The number of aromatic amines is 1. The highest BCUT2D eigenvalue weighted by molar-refractivity contribution is 5.92. The van der Waals surface area contributed by atoms with Crippen LogP contribution in [-0.2, 0) is 0 Å². The van der Waals surface area contributed by atoms with Crippen LogP contribution < -0.4 is 14.9 Å². The van der Waals surface area contributed by atoms with Crippen LogP contribution in [0, 0.1) is 5.82 Å². The maximum atomic E-state index is 13.1. The maximum absolute atomic E-state index is 13.1. The second-order valence-electron chi connectivity index (χ2n) is 5.22. The van der Waals surface area contributed by atoms with Crippen molar-refractivity contribution < 1.29 is 13.9 Å². The Hall–Kier alpha value is -2.82. The van der Waals surface area contributed by atoms with Crippen molar-refractivity contribution in [2.75, 3.05) is 13.2 Å². The fourth-order valence-corrected chi connectivity index (χ4v) is 2.67. The van der Waals surface area contributed by atoms with E-state index >= 15 is 0 Å². The number of fused-ring (bicyclic) bond motifs is 1. The third-order valence-corrected chi connectivity index (χ3v) is 3.72. The summed E-state index contributed by atoms with van der Waals surface area (Å²) in [5.74, 6) is 0.754. The van der Waals surface area contributed by atoms with Gasteiger partial charge in [-0.05, 0) is 43.7 Å². The molecule has 2 aromatic carbocycles. The summed E-state index contributed by atoms with van der Waals surface area (Å²) in [4.78, 5) is 16.1. The summed E-state index contributed by atoms with van der Waals surface area (Å²) in [7, 11) is 0. The van der Waals surface area contributed by atoms with E-state index in [2.05, 4.69) is 4.98 Å². The summed E-state index contributed by atoms with van der Waals surface area (Å²) >= 11 is 0. The van der Waals surface area contributed by atoms with Crippen LogP contribution in [0.25, 0.3) is 22.0 Å². The van der Waals surface area contributed by atoms with Crippen LogP contribution in [0.1, 0.15) is 13.8 Å². The molecule has 0 fully saturated rings. The molecule has 0 aliphatic carbocycles. The van der Waals surface area contributed by atoms with E-state index in [9.17, 15) is 9.18 Å². The van der Waals surface area contributed by atoms with Crippen LogP contribution in [0.2, 0.25) is 0 Å². The molecular formula is C19H18FNO3. The van der Waals surface area contributed by atoms with Gasteiger partial charge in [0.25, 0.3) is 0 Å². The van der Waals surface area contributed by atoms with Crippen LogP contribution in [0.5, 0.6) is 11.5 Å². The molecule has 1 aromatic heterocycles. The first-order valence-corrected chi connectivity index (χ1v) is 7.85. The van der Waals surface area contributed by atoms with Gasteiger partial charge in [-0.1, -0.05) is 12.1 Å². The molecule has 3 aromatic rings. The van der Waals surface area contributed by atoms with Crippen LogP contribution in [0.3, 0.4) is 0 Å². The third kappa shape index (κ3) is 2.85. The molecule has 0 amide bonds. The van der Waals surface area contributed by atoms with Gasteiger partial charge in [0.2, 0.25) is 5.43 Å². The van der Waals surface area contributed by atoms with Crippen molar-refractivity contribution in [3.8, 4) is 22.6 Å². The minimum atomic E-state index is -0.343. The van der Waals surface area contributed by atoms with Crippen LogP contribution in [0.4, 0.5) is 4.39 Å². The Bertz CT molecular complexity index is 916. The normalized spacial score (nSPS) is 10.8. The average molecular weight is 327 g/mol. The standard InChI is InChI=1S/C19H18FNO3/c1-3-23-15-9-10-16(24-4-2)18-17(15)19(22)14(11-21-18)12-5-7-13(20)8-6-12/h5-11H,3-4H2,1-2H3,(H,21,22). The Morgan fingerprint density at radius 2 is 1.58 bits per heavy atom. The van der Waals surface area contributed by atoms with Crippen molar-refractivity contribution in [2.24, 2.45) is 0 Å². The zero-order valence-corrected chi connectivity index (χ0v) is 13.6. The van der Waals surface area contributed by atoms with E-state index in [0.29, 0.717) is 46.7 Å². The highest BCUT2D eigenvalue weighted by Crippen LogP contribution is 2.31. The highest BCUT2D eigenvalue weighted by atomic mass is 19.1. The van der Waals surface area contributed by atoms with Crippen molar-refractivity contribution in [3.63, 3.8) is 0 Å². The summed E-state index contributed by atoms with van der Waals surface area (Å²) in [5, 5.41) is 0.435. The second kappa shape index (κ2) is 6.74. The summed E-state index contributed by atoms with van der Waals surface area (Å²) in [6.45, 7) is 4.68. The Labute approximate surface area is 138 Å². The molecule has 0 radical (unpaired) electrons. The molecule has 1 heterocycles. The Morgan fingerprint density at radius 1 is 0.958 bits per heavy atom. The van der Waals surface area contributed by atoms with Gasteiger partial charge in [0, 0.05) is 11.8 Å². The quantitative estimate of drug-likeness (QED) is 0.766. The number of rotatable bonds is 5. The summed E-state index contributed by atoms with van der Waals surface area (Å²) in [6.07, 6.45) is 1.62. The number of hydrogen-bond acceptors (Lipinski definition) is 3. The molecule has 0 spiro atoms. The third-order valence-electron chi connectivity index (χ3n) is 3.72. The number of ether oxygens (including phenoxy) is 2. The number of hydrogen-bond donors (Lipinski definition) is 1. The molecule has 0 atom stereocenters. The average Bonchev–Trinajstić information content (AvgIpc) is 2.58. The van der Waals surface area contributed by atoms with Crippen LogP contribution in [0.15, 0.2) is 47.4 Å². The molecule has 1 N–H and O–H groups in total. The van der Waals surface area contributed by atoms with Crippen molar-refractivity contribution in [1.29, 1.82) is 0 Å². The predicted molar refractivity (Wildman–Crippen MR) is 92.3 cm³/mol. The van der Waals surface area contributed by atoms with E-state index < -0.39 is 0 Å². The van der Waals surface area contributed by atoms with E-state index in [-0.39, 0.29) is 11.2 Å². The largest absolute Gasteiger partial charge is 0.493 e. The lowest BCUT2D eigenvalue weighted by molar-refractivity contribution is 0.336. The maximum Gasteiger partial charge on any atom is 0.201 e. The molecule has 0 aliphatic rings. The van der Waals surface area contributed by atoms with Crippen molar-refractivity contribution in [1.82, 2.24) is 4.98 Å². The number of pyridine rings is 1. The fraction of sp³-hybridized carbons (Fsp3) is 0.211. The van der Waals surface area contributed by atoms with Gasteiger partial charge >= 0.3 is 0 Å². The number of H-pyrrole nitrogens is 1. The van der Waals surface area contributed by atoms with Gasteiger partial charge in [-0.25, -0.2) is 4.39 Å². The summed E-state index contributed by atoms with van der Waals surface area (Å²) in [5.41, 5.74) is 1.51. The molecule has 0 aliphatic heterocycles. The van der Waals surface area contributed by atoms with Gasteiger partial charge in [-0.15, -0.1) is 0 Å². The zero-order chi connectivity index (χ0) is 17.1. The first kappa shape index (κ1) is 16.1. The van der Waals surface area contributed by atoms with E-state index in [1.165, 1.54) is 12.1 Å². The lowest BCUT2D eigenvalue weighted by atomic mass is 10.0. The molecule has 0 unspecified atom stereocenters. The molecule has 5 heteroatoms. The van der Waals surface area contributed by atoms with E-state index in [1.807, 2.05) is 13.8 Å². The Balaban J connectivity index is 2.28. The van der Waals surface area contributed by atoms with Gasteiger partial charge < -0.3 is 14.5 Å². The fourth-order valence-electron chi connectivity index (χ4n) is 2.67. The molecular weight excluding hydrogens is 309 g/mol. The molecule has 0 bridgehead atoms. The molecule has 0 saturated heterocycles. The highest BCUT2D eigenvalue weighted by Gasteiger charge is 2.15. The summed E-state index contributed by atoms with van der Waals surface area (Å²) in [6, 6.07) is 9.35. The second-order valence-corrected chi connectivity index (χ2v) is 5.22. The molecule has 124 valence electrons. The van der Waals surface area contributed by atoms with E-state index in [1.54, 1.807) is 30.5 Å². The Morgan fingerprint density at radius 3 is 2.25 bits per heavy atom. The number of halogens is 1. The van der Waals surface area contributed by atoms with Crippen molar-refractivity contribution in [2.45, 2.75) is 13.8 Å². The van der Waals surface area contributed by atoms with E-state index in [0.717, 1.165) is 0 Å². The molecule has 3 rings (SSSR count). The Kier molecular flexibility index (Phi) is 4.51. The smallest absolute Gasteiger partial charge is 0.201 e. The van der Waals surface area contributed by atoms with Crippen LogP contribution >= 0.6 is 0 Å². The number of benzene rings is 2. The van der Waals surface area contributed by atoms with E-state index in [4.69, 9.17) is 9.47 Å². The van der Waals surface area contributed by atoms with Gasteiger partial charge in [0.1, 0.15) is 17.3 Å². The van der Waals surface area contributed by atoms with Gasteiger partial charge in [0.05, 0.1) is 24.1 Å². The lowest BCUT2D eigenvalue weighted by Crippen LogP contribution is -2.10. The van der Waals surface area contributed by atoms with Gasteiger partial charge in [0.15, 0.2) is 0 Å². The zero-order valence-electron chi connectivity index (χ0n) is 13.6. The first-order chi connectivity index (χ1) is 11.7. The lowest BCUT2D eigenvalue weighted by Gasteiger charge is -2.12. The van der Waals surface area contributed by atoms with Gasteiger partial charge in [-0.2, -0.15) is 0 Å².